The van der Waals surface area contributed by atoms with Gasteiger partial charge < -0.3 is 28.1 Å². The first-order valence-corrected chi connectivity index (χ1v) is 22.4. The minimum Gasteiger partial charge on any atom is -0.480 e. The molecule has 0 bridgehead atoms. The summed E-state index contributed by atoms with van der Waals surface area (Å²) in [6.07, 6.45) is 0. The van der Waals surface area contributed by atoms with Crippen LogP contribution in [0.2, 0.25) is 10.0 Å². The Morgan fingerprint density at radius 2 is 0.733 bits per heavy atom. The van der Waals surface area contributed by atoms with Gasteiger partial charge in [0.2, 0.25) is 0 Å². The largest absolute Gasteiger partial charge is 0.480 e. The van der Waals surface area contributed by atoms with Crippen LogP contribution in [0.5, 0.6) is 11.5 Å². The van der Waals surface area contributed by atoms with E-state index in [0.717, 1.165) is 48.5 Å². The van der Waals surface area contributed by atoms with Crippen molar-refractivity contribution in [3.8, 4) is 22.6 Å². The molecule has 0 aliphatic rings. The van der Waals surface area contributed by atoms with Crippen molar-refractivity contribution in [2.45, 2.75) is 13.8 Å². The summed E-state index contributed by atoms with van der Waals surface area (Å²) in [5.74, 6) is -4.98. The van der Waals surface area contributed by atoms with Crippen molar-refractivity contribution in [3.63, 3.8) is 0 Å². The Kier molecular flexibility index (Phi) is 13.9. The van der Waals surface area contributed by atoms with E-state index in [1.165, 1.54) is 72.8 Å². The summed E-state index contributed by atoms with van der Waals surface area (Å²) < 4.78 is 113. The van der Waals surface area contributed by atoms with Crippen LogP contribution < -0.4 is 41.3 Å². The van der Waals surface area contributed by atoms with Crippen molar-refractivity contribution in [1.82, 2.24) is 0 Å². The van der Waals surface area contributed by atoms with Crippen molar-refractivity contribution in [2.24, 2.45) is 0 Å². The number of carbonyl (C=O) groups is 2. The van der Waals surface area contributed by atoms with E-state index in [-0.39, 0.29) is 77.7 Å². The summed E-state index contributed by atoms with van der Waals surface area (Å²) in [7, 11) is -8.81. The zero-order chi connectivity index (χ0) is 43.2. The molecule has 0 atom stereocenters. The molecule has 0 amide bonds. The van der Waals surface area contributed by atoms with E-state index in [9.17, 15) is 27.2 Å². The van der Waals surface area contributed by atoms with Crippen LogP contribution in [0.3, 0.4) is 0 Å². The molecule has 310 valence electrons. The first kappa shape index (κ1) is 44.2. The highest BCUT2D eigenvalue weighted by atomic mass is 35.5. The normalized spacial score (nSPS) is 11.5. The number of hydrogen-bond acceptors (Lipinski definition) is 8. The molecule has 60 heavy (non-hydrogen) atoms. The van der Waals surface area contributed by atoms with Gasteiger partial charge in [-0.3, -0.25) is 0 Å². The molecule has 0 radical (unpaired) electrons. The molecule has 0 N–H and O–H groups in total. The molecule has 8 nitrogen and oxygen atoms in total. The zero-order valence-electron chi connectivity index (χ0n) is 31.8. The average molecular weight is 900 g/mol. The fourth-order valence-electron chi connectivity index (χ4n) is 6.51. The van der Waals surface area contributed by atoms with Crippen LogP contribution in [-0.4, -0.2) is 38.4 Å². The van der Waals surface area contributed by atoms with E-state index in [4.69, 9.17) is 42.1 Å². The molecule has 0 unspecified atom stereocenters. The second-order valence-electron chi connectivity index (χ2n) is 12.9. The van der Waals surface area contributed by atoms with Gasteiger partial charge in [-0.25, -0.2) is 27.2 Å². The highest BCUT2D eigenvalue weighted by Gasteiger charge is 2.41. The molecule has 0 aliphatic heterocycles. The van der Waals surface area contributed by atoms with Crippen molar-refractivity contribution >= 4 is 81.3 Å². The van der Waals surface area contributed by atoms with Gasteiger partial charge in [-0.2, -0.15) is 0 Å². The van der Waals surface area contributed by atoms with Crippen molar-refractivity contribution in [3.05, 3.63) is 155 Å². The highest BCUT2D eigenvalue weighted by Crippen LogP contribution is 2.55. The lowest BCUT2D eigenvalue weighted by molar-refractivity contribution is -0.146. The van der Waals surface area contributed by atoms with Crippen LogP contribution in [0.15, 0.2) is 121 Å². The fourth-order valence-corrected chi connectivity index (χ4v) is 12.5. The van der Waals surface area contributed by atoms with Crippen LogP contribution in [0.4, 0.5) is 17.6 Å². The Bertz CT molecular complexity index is 2350. The average Bonchev–Trinajstić information content (AvgIpc) is 3.23. The van der Waals surface area contributed by atoms with E-state index in [2.05, 4.69) is 0 Å². The molecule has 0 fully saturated rings. The lowest BCUT2D eigenvalue weighted by Crippen LogP contribution is -2.31. The summed E-state index contributed by atoms with van der Waals surface area (Å²) in [6.45, 7) is 1.60. The molecule has 0 spiro atoms. The van der Waals surface area contributed by atoms with Gasteiger partial charge in [0.1, 0.15) is 34.8 Å². The van der Waals surface area contributed by atoms with E-state index in [1.54, 1.807) is 13.8 Å². The molecule has 0 saturated carbocycles. The molecule has 6 aromatic rings. The number of halogens is 6. The van der Waals surface area contributed by atoms with Crippen LogP contribution in [0.25, 0.3) is 11.1 Å². The first-order valence-electron chi connectivity index (χ1n) is 18.2. The third-order valence-corrected chi connectivity index (χ3v) is 15.9. The third-order valence-electron chi connectivity index (χ3n) is 9.14. The molecular formula is C44H34Cl2F4O8P2. The second-order valence-corrected chi connectivity index (χ2v) is 19.1. The van der Waals surface area contributed by atoms with E-state index < -0.39 is 62.7 Å². The lowest BCUT2D eigenvalue weighted by Gasteiger charge is -2.29. The SMILES string of the molecule is CCOC(=O)COc1c(Cl)ccc(P(=O)(c2ccc(F)cc2)c2ccc(F)cc2)c1-c1c(P(=O)(c2ccc(F)cc2)c2ccc(F)cc2)ccc(Cl)c1OCC(=O)OCC. The number of esters is 2. The van der Waals surface area contributed by atoms with Crippen LogP contribution >= 0.6 is 37.5 Å². The summed E-state index contributed by atoms with van der Waals surface area (Å²) in [5, 5.41) is -0.494. The van der Waals surface area contributed by atoms with Gasteiger partial charge in [0.15, 0.2) is 27.5 Å². The number of ether oxygens (including phenoxy) is 4. The van der Waals surface area contributed by atoms with Crippen molar-refractivity contribution in [1.29, 1.82) is 0 Å². The molecular weight excluding hydrogens is 865 g/mol. The second kappa shape index (κ2) is 18.9. The Morgan fingerprint density at radius 3 is 0.983 bits per heavy atom. The van der Waals surface area contributed by atoms with Gasteiger partial charge in [0.25, 0.3) is 0 Å². The van der Waals surface area contributed by atoms with Gasteiger partial charge in [-0.05, 0) is 135 Å². The maximum atomic E-state index is 16.3. The fraction of sp³-hybridized carbons (Fsp3) is 0.136. The Balaban J connectivity index is 1.84. The first-order chi connectivity index (χ1) is 28.7. The number of benzene rings is 6. The molecule has 0 aliphatic carbocycles. The quantitative estimate of drug-likeness (QED) is 0.0576. The third kappa shape index (κ3) is 9.03. The summed E-state index contributed by atoms with van der Waals surface area (Å²) in [4.78, 5) is 25.7. The van der Waals surface area contributed by atoms with Crippen LogP contribution in [0.1, 0.15) is 13.8 Å². The molecule has 0 saturated heterocycles. The van der Waals surface area contributed by atoms with Gasteiger partial charge in [0.05, 0.1) is 23.3 Å². The molecule has 6 rings (SSSR count). The van der Waals surface area contributed by atoms with Gasteiger partial charge in [-0.1, -0.05) is 23.2 Å². The minimum atomic E-state index is -4.41. The predicted octanol–water partition coefficient (Wildman–Crippen LogP) is 8.38. The Morgan fingerprint density at radius 1 is 0.467 bits per heavy atom. The number of carbonyl (C=O) groups excluding carboxylic acids is 2. The number of rotatable bonds is 15. The van der Waals surface area contributed by atoms with Gasteiger partial charge in [0, 0.05) is 43.0 Å². The molecule has 6 aromatic carbocycles. The highest BCUT2D eigenvalue weighted by molar-refractivity contribution is 7.86. The maximum Gasteiger partial charge on any atom is 0.344 e. The van der Waals surface area contributed by atoms with E-state index in [0.29, 0.717) is 0 Å². The predicted molar refractivity (Wildman–Crippen MR) is 225 cm³/mol. The minimum absolute atomic E-state index is 0.0179. The summed E-state index contributed by atoms with van der Waals surface area (Å²) in [5.41, 5.74) is -0.464. The molecule has 0 heterocycles. The zero-order valence-corrected chi connectivity index (χ0v) is 35.1. The van der Waals surface area contributed by atoms with E-state index in [1.807, 2.05) is 0 Å². The monoisotopic (exact) mass is 898 g/mol. The van der Waals surface area contributed by atoms with Crippen LogP contribution in [0, 0.1) is 23.3 Å². The van der Waals surface area contributed by atoms with Gasteiger partial charge >= 0.3 is 11.9 Å². The maximum absolute atomic E-state index is 16.3. The Hall–Kier alpha value is -5.38. The Labute approximate surface area is 352 Å². The smallest absolute Gasteiger partial charge is 0.344 e. The van der Waals surface area contributed by atoms with E-state index >= 15 is 9.13 Å². The van der Waals surface area contributed by atoms with Gasteiger partial charge in [-0.15, -0.1) is 0 Å². The molecule has 0 aromatic heterocycles. The topological polar surface area (TPSA) is 105 Å². The van der Waals surface area contributed by atoms with Crippen molar-refractivity contribution in [2.75, 3.05) is 26.4 Å². The summed E-state index contributed by atoms with van der Waals surface area (Å²) >= 11 is 13.9. The lowest BCUT2D eigenvalue weighted by atomic mass is 10.0. The van der Waals surface area contributed by atoms with Crippen molar-refractivity contribution < 1.29 is 55.2 Å². The molecule has 16 heteroatoms. The number of hydrogen-bond donors (Lipinski definition) is 0. The summed E-state index contributed by atoms with van der Waals surface area (Å²) in [6, 6.07) is 24.2. The standard InChI is InChI=1S/C44H34Cl2F4O8P2/c1-3-55-39(51)25-57-43-35(45)21-23-37(59(53,31-13-5-27(47)6-14-31)32-15-7-28(48)8-16-32)41(43)42-38(24-22-36(46)44(42)58-26-40(52)56-4-2)60(54,33-17-9-29(49)10-18-33)34-19-11-30(50)12-20-34/h5-24H,3-4,25-26H2,1-2H3. The van der Waals surface area contributed by atoms with Crippen LogP contribution in [-0.2, 0) is 28.2 Å².